The second kappa shape index (κ2) is 8.38. The minimum absolute atomic E-state index is 0.0116. The SMILES string of the molecule is CCOC(=O)/C=C(\N=Cc1ccc([N+](=O)[O-])cc1)c1ccccc1. The van der Waals surface area contributed by atoms with E-state index < -0.39 is 10.9 Å². The molecule has 0 aliphatic carbocycles. The average Bonchev–Trinajstić information content (AvgIpc) is 2.60. The number of rotatable bonds is 6. The number of ether oxygens (including phenoxy) is 1. The third-order valence-corrected chi connectivity index (χ3v) is 3.07. The van der Waals surface area contributed by atoms with E-state index in [2.05, 4.69) is 4.99 Å². The van der Waals surface area contributed by atoms with Crippen molar-refractivity contribution in [3.05, 3.63) is 81.9 Å². The summed E-state index contributed by atoms with van der Waals surface area (Å²) in [6, 6.07) is 15.2. The highest BCUT2D eigenvalue weighted by molar-refractivity contribution is 5.94. The number of nitro benzene ring substituents is 1. The molecule has 24 heavy (non-hydrogen) atoms. The normalized spacial score (nSPS) is 11.5. The molecule has 0 saturated carbocycles. The first-order valence-corrected chi connectivity index (χ1v) is 7.32. The van der Waals surface area contributed by atoms with Crippen molar-refractivity contribution in [2.75, 3.05) is 6.61 Å². The Morgan fingerprint density at radius 2 is 1.83 bits per heavy atom. The van der Waals surface area contributed by atoms with Crippen LogP contribution in [0.15, 0.2) is 65.7 Å². The van der Waals surface area contributed by atoms with Gasteiger partial charge in [0.25, 0.3) is 5.69 Å². The number of nitro groups is 1. The summed E-state index contributed by atoms with van der Waals surface area (Å²) in [6.07, 6.45) is 2.86. The number of non-ortho nitro benzene ring substituents is 1. The van der Waals surface area contributed by atoms with E-state index in [0.717, 1.165) is 5.56 Å². The van der Waals surface area contributed by atoms with Gasteiger partial charge in [-0.1, -0.05) is 30.3 Å². The molecule has 0 heterocycles. The van der Waals surface area contributed by atoms with Crippen molar-refractivity contribution in [1.82, 2.24) is 0 Å². The van der Waals surface area contributed by atoms with Gasteiger partial charge < -0.3 is 4.74 Å². The number of carbonyl (C=O) groups excluding carboxylic acids is 1. The molecule has 0 aromatic heterocycles. The second-order valence-corrected chi connectivity index (χ2v) is 4.75. The molecule has 0 bridgehead atoms. The maximum Gasteiger partial charge on any atom is 0.332 e. The molecule has 0 aliphatic rings. The molecule has 122 valence electrons. The van der Waals surface area contributed by atoms with Gasteiger partial charge in [-0.2, -0.15) is 0 Å². The molecule has 0 fully saturated rings. The highest BCUT2D eigenvalue weighted by Gasteiger charge is 2.05. The van der Waals surface area contributed by atoms with Gasteiger partial charge in [0.2, 0.25) is 0 Å². The van der Waals surface area contributed by atoms with Gasteiger partial charge in [-0.25, -0.2) is 4.79 Å². The van der Waals surface area contributed by atoms with Crippen LogP contribution in [0.5, 0.6) is 0 Å². The first-order chi connectivity index (χ1) is 11.6. The van der Waals surface area contributed by atoms with Crippen molar-refractivity contribution in [3.63, 3.8) is 0 Å². The van der Waals surface area contributed by atoms with Crippen LogP contribution >= 0.6 is 0 Å². The number of hydrogen-bond donors (Lipinski definition) is 0. The lowest BCUT2D eigenvalue weighted by Gasteiger charge is -2.03. The summed E-state index contributed by atoms with van der Waals surface area (Å²) in [4.78, 5) is 26.2. The molecule has 0 atom stereocenters. The summed E-state index contributed by atoms with van der Waals surface area (Å²) in [5.74, 6) is -0.475. The van der Waals surface area contributed by atoms with E-state index in [1.165, 1.54) is 18.2 Å². The Kier molecular flexibility index (Phi) is 5.96. The molecule has 2 aromatic carbocycles. The molecule has 2 rings (SSSR count). The summed E-state index contributed by atoms with van der Waals surface area (Å²) in [6.45, 7) is 2.01. The predicted octanol–water partition coefficient (Wildman–Crippen LogP) is 3.62. The zero-order valence-electron chi connectivity index (χ0n) is 13.1. The lowest BCUT2D eigenvalue weighted by atomic mass is 10.1. The van der Waals surface area contributed by atoms with E-state index in [0.29, 0.717) is 11.3 Å². The van der Waals surface area contributed by atoms with E-state index in [-0.39, 0.29) is 12.3 Å². The highest BCUT2D eigenvalue weighted by Crippen LogP contribution is 2.17. The van der Waals surface area contributed by atoms with E-state index >= 15 is 0 Å². The predicted molar refractivity (Wildman–Crippen MR) is 91.7 cm³/mol. The summed E-state index contributed by atoms with van der Waals surface area (Å²) in [5, 5.41) is 10.7. The number of hydrogen-bond acceptors (Lipinski definition) is 5. The zero-order valence-corrected chi connectivity index (χ0v) is 13.1. The van der Waals surface area contributed by atoms with Gasteiger partial charge in [0.1, 0.15) is 0 Å². The van der Waals surface area contributed by atoms with Crippen LogP contribution in [-0.2, 0) is 9.53 Å². The van der Waals surface area contributed by atoms with Crippen LogP contribution < -0.4 is 0 Å². The number of benzene rings is 2. The van der Waals surface area contributed by atoms with E-state index in [4.69, 9.17) is 4.74 Å². The molecular weight excluding hydrogens is 308 g/mol. The Morgan fingerprint density at radius 3 is 2.42 bits per heavy atom. The van der Waals surface area contributed by atoms with Crippen LogP contribution in [-0.4, -0.2) is 23.7 Å². The molecule has 0 N–H and O–H groups in total. The fourth-order valence-electron chi connectivity index (χ4n) is 1.93. The van der Waals surface area contributed by atoms with Crippen molar-refractivity contribution >= 4 is 23.6 Å². The topological polar surface area (TPSA) is 81.8 Å². The summed E-state index contributed by atoms with van der Waals surface area (Å²) in [5.41, 5.74) is 1.92. The first-order valence-electron chi connectivity index (χ1n) is 7.32. The Labute approximate surface area is 139 Å². The van der Waals surface area contributed by atoms with Gasteiger partial charge in [0, 0.05) is 30.0 Å². The smallest absolute Gasteiger partial charge is 0.332 e. The summed E-state index contributed by atoms with van der Waals surface area (Å²) in [7, 11) is 0. The molecular formula is C18H16N2O4. The average molecular weight is 324 g/mol. The molecule has 0 aliphatic heterocycles. The molecule has 0 radical (unpaired) electrons. The fourth-order valence-corrected chi connectivity index (χ4v) is 1.93. The van der Waals surface area contributed by atoms with Gasteiger partial charge in [0.15, 0.2) is 0 Å². The van der Waals surface area contributed by atoms with E-state index in [1.54, 1.807) is 25.3 Å². The van der Waals surface area contributed by atoms with Crippen molar-refractivity contribution in [1.29, 1.82) is 0 Å². The van der Waals surface area contributed by atoms with Crippen molar-refractivity contribution in [2.45, 2.75) is 6.92 Å². The lowest BCUT2D eigenvalue weighted by Crippen LogP contribution is -2.00. The van der Waals surface area contributed by atoms with Crippen LogP contribution in [0.2, 0.25) is 0 Å². The fraction of sp³-hybridized carbons (Fsp3) is 0.111. The number of esters is 1. The number of carbonyl (C=O) groups is 1. The molecule has 0 saturated heterocycles. The number of nitrogens with zero attached hydrogens (tertiary/aromatic N) is 2. The maximum atomic E-state index is 11.7. The quantitative estimate of drug-likeness (QED) is 0.267. The molecule has 6 nitrogen and oxygen atoms in total. The Bertz CT molecular complexity index is 765. The first kappa shape index (κ1) is 17.1. The van der Waals surface area contributed by atoms with Crippen LogP contribution in [0.25, 0.3) is 5.70 Å². The van der Waals surface area contributed by atoms with Gasteiger partial charge >= 0.3 is 5.97 Å². The standard InChI is InChI=1S/C18H16N2O4/c1-2-24-18(21)12-17(15-6-4-3-5-7-15)19-13-14-8-10-16(11-9-14)20(22)23/h3-13H,2H2,1H3/b17-12-,19-13?. The van der Waals surface area contributed by atoms with E-state index in [1.807, 2.05) is 30.3 Å². The van der Waals surface area contributed by atoms with Crippen molar-refractivity contribution < 1.29 is 14.5 Å². The molecule has 0 spiro atoms. The largest absolute Gasteiger partial charge is 0.463 e. The van der Waals surface area contributed by atoms with Crippen molar-refractivity contribution in [3.8, 4) is 0 Å². The van der Waals surface area contributed by atoms with Crippen LogP contribution in [0.4, 0.5) is 5.69 Å². The lowest BCUT2D eigenvalue weighted by molar-refractivity contribution is -0.384. The molecule has 0 unspecified atom stereocenters. The third kappa shape index (κ3) is 4.88. The van der Waals surface area contributed by atoms with Gasteiger partial charge in [-0.15, -0.1) is 0 Å². The minimum Gasteiger partial charge on any atom is -0.463 e. The van der Waals surface area contributed by atoms with Crippen LogP contribution in [0.1, 0.15) is 18.1 Å². The summed E-state index contributed by atoms with van der Waals surface area (Å²) >= 11 is 0. The zero-order chi connectivity index (χ0) is 17.4. The van der Waals surface area contributed by atoms with Gasteiger partial charge in [-0.05, 0) is 24.6 Å². The van der Waals surface area contributed by atoms with Gasteiger partial charge in [-0.3, -0.25) is 15.1 Å². The van der Waals surface area contributed by atoms with Crippen LogP contribution in [0, 0.1) is 10.1 Å². The Morgan fingerprint density at radius 1 is 1.17 bits per heavy atom. The highest BCUT2D eigenvalue weighted by atomic mass is 16.6. The van der Waals surface area contributed by atoms with E-state index in [9.17, 15) is 14.9 Å². The monoisotopic (exact) mass is 324 g/mol. The molecule has 2 aromatic rings. The summed E-state index contributed by atoms with van der Waals surface area (Å²) < 4.78 is 4.92. The minimum atomic E-state index is -0.475. The second-order valence-electron chi connectivity index (χ2n) is 4.75. The Balaban J connectivity index is 2.27. The third-order valence-electron chi connectivity index (χ3n) is 3.07. The molecule has 6 heteroatoms. The van der Waals surface area contributed by atoms with Crippen LogP contribution in [0.3, 0.4) is 0 Å². The van der Waals surface area contributed by atoms with Gasteiger partial charge in [0.05, 0.1) is 17.2 Å². The maximum absolute atomic E-state index is 11.7. The Hall–Kier alpha value is -3.28. The van der Waals surface area contributed by atoms with Crippen molar-refractivity contribution in [2.24, 2.45) is 4.99 Å². The number of aliphatic imine (C=N–C) groups is 1. The molecule has 0 amide bonds.